The van der Waals surface area contributed by atoms with E-state index in [9.17, 15) is 9.90 Å². The minimum atomic E-state index is -0.378. The molecule has 0 spiro atoms. The molecule has 2 atom stereocenters. The Balaban J connectivity index is 2.06. The standard InChI is InChI=1S/C17H24N4O3/c1-11(2)15(16-18-12(3)21-24-16)20-17(23)19-14(9-10-22)13-7-5-4-6-8-13/h4-8,11,14-15,22H,9-10H2,1-3H3,(H2,19,20,23)/t14-,15?/m1/s1. The predicted octanol–water partition coefficient (Wildman–Crippen LogP) is 2.50. The highest BCUT2D eigenvalue weighted by Gasteiger charge is 2.25. The summed E-state index contributed by atoms with van der Waals surface area (Å²) < 4.78 is 5.18. The Morgan fingerprint density at radius 1 is 1.25 bits per heavy atom. The summed E-state index contributed by atoms with van der Waals surface area (Å²) in [5.74, 6) is 1.000. The zero-order valence-electron chi connectivity index (χ0n) is 14.2. The highest BCUT2D eigenvalue weighted by Crippen LogP contribution is 2.21. The van der Waals surface area contributed by atoms with Gasteiger partial charge < -0.3 is 20.3 Å². The number of urea groups is 1. The van der Waals surface area contributed by atoms with Crippen LogP contribution in [0.15, 0.2) is 34.9 Å². The predicted molar refractivity (Wildman–Crippen MR) is 89.2 cm³/mol. The normalized spacial score (nSPS) is 13.5. The molecule has 2 rings (SSSR count). The molecule has 1 unspecified atom stereocenters. The summed E-state index contributed by atoms with van der Waals surface area (Å²) >= 11 is 0. The molecule has 1 aromatic heterocycles. The Hall–Kier alpha value is -2.41. The third-order valence-corrected chi connectivity index (χ3v) is 3.69. The van der Waals surface area contributed by atoms with Gasteiger partial charge in [-0.1, -0.05) is 49.3 Å². The average molecular weight is 332 g/mol. The number of carbonyl (C=O) groups is 1. The molecule has 0 saturated heterocycles. The van der Waals surface area contributed by atoms with Gasteiger partial charge in [-0.05, 0) is 24.8 Å². The molecular weight excluding hydrogens is 308 g/mol. The highest BCUT2D eigenvalue weighted by molar-refractivity contribution is 5.74. The molecule has 7 nitrogen and oxygen atoms in total. The summed E-state index contributed by atoms with van der Waals surface area (Å²) in [6.45, 7) is 5.65. The number of aryl methyl sites for hydroxylation is 1. The van der Waals surface area contributed by atoms with Crippen molar-refractivity contribution in [2.45, 2.75) is 39.3 Å². The highest BCUT2D eigenvalue weighted by atomic mass is 16.5. The van der Waals surface area contributed by atoms with Crippen molar-refractivity contribution in [3.63, 3.8) is 0 Å². The fraction of sp³-hybridized carbons (Fsp3) is 0.471. The Kier molecular flexibility index (Phi) is 6.31. The first kappa shape index (κ1) is 17.9. The summed E-state index contributed by atoms with van der Waals surface area (Å²) in [5.41, 5.74) is 0.941. The summed E-state index contributed by atoms with van der Waals surface area (Å²) in [4.78, 5) is 16.6. The number of aliphatic hydroxyl groups is 1. The van der Waals surface area contributed by atoms with Crippen molar-refractivity contribution in [2.75, 3.05) is 6.61 Å². The number of hydrogen-bond acceptors (Lipinski definition) is 5. The van der Waals surface area contributed by atoms with Crippen LogP contribution in [-0.4, -0.2) is 27.9 Å². The number of nitrogens with one attached hydrogen (secondary N) is 2. The van der Waals surface area contributed by atoms with E-state index in [1.54, 1.807) is 6.92 Å². The fourth-order valence-electron chi connectivity index (χ4n) is 2.43. The third-order valence-electron chi connectivity index (χ3n) is 3.69. The summed E-state index contributed by atoms with van der Waals surface area (Å²) in [6, 6.07) is 8.56. The van der Waals surface area contributed by atoms with E-state index in [0.29, 0.717) is 18.1 Å². The SMILES string of the molecule is Cc1noc(C(NC(=O)N[C@H](CCO)c2ccccc2)C(C)C)n1. The van der Waals surface area contributed by atoms with E-state index in [1.807, 2.05) is 44.2 Å². The number of rotatable bonds is 7. The van der Waals surface area contributed by atoms with Gasteiger partial charge >= 0.3 is 6.03 Å². The molecule has 0 bridgehead atoms. The Labute approximate surface area is 141 Å². The lowest BCUT2D eigenvalue weighted by Crippen LogP contribution is -2.41. The molecule has 3 N–H and O–H groups in total. The zero-order chi connectivity index (χ0) is 17.5. The van der Waals surface area contributed by atoms with Crippen LogP contribution < -0.4 is 10.6 Å². The van der Waals surface area contributed by atoms with Crippen LogP contribution in [-0.2, 0) is 0 Å². The van der Waals surface area contributed by atoms with Crippen LogP contribution in [0.1, 0.15) is 49.6 Å². The fourth-order valence-corrected chi connectivity index (χ4v) is 2.43. The Bertz CT molecular complexity index is 642. The minimum absolute atomic E-state index is 0.0176. The molecule has 0 aliphatic rings. The van der Waals surface area contributed by atoms with E-state index in [0.717, 1.165) is 5.56 Å². The molecule has 24 heavy (non-hydrogen) atoms. The van der Waals surface area contributed by atoms with Crippen LogP contribution in [0.4, 0.5) is 4.79 Å². The first-order valence-corrected chi connectivity index (χ1v) is 8.04. The van der Waals surface area contributed by atoms with Crippen molar-refractivity contribution >= 4 is 6.03 Å². The molecule has 7 heteroatoms. The molecule has 1 heterocycles. The number of carbonyl (C=O) groups excluding carboxylic acids is 1. The molecule has 0 radical (unpaired) electrons. The molecule has 2 amide bonds. The van der Waals surface area contributed by atoms with Gasteiger partial charge in [0.1, 0.15) is 6.04 Å². The second-order valence-electron chi connectivity index (χ2n) is 5.99. The van der Waals surface area contributed by atoms with Crippen molar-refractivity contribution < 1.29 is 14.4 Å². The monoisotopic (exact) mass is 332 g/mol. The van der Waals surface area contributed by atoms with Gasteiger partial charge in [0.05, 0.1) is 6.04 Å². The van der Waals surface area contributed by atoms with Crippen LogP contribution >= 0.6 is 0 Å². The minimum Gasteiger partial charge on any atom is -0.396 e. The lowest BCUT2D eigenvalue weighted by molar-refractivity contribution is 0.215. The van der Waals surface area contributed by atoms with Gasteiger partial charge in [0.2, 0.25) is 5.89 Å². The molecule has 1 aromatic carbocycles. The average Bonchev–Trinajstić information content (AvgIpc) is 2.99. The number of aromatic nitrogens is 2. The van der Waals surface area contributed by atoms with Gasteiger partial charge in [0.25, 0.3) is 0 Å². The zero-order valence-corrected chi connectivity index (χ0v) is 14.2. The maximum absolute atomic E-state index is 12.4. The van der Waals surface area contributed by atoms with Crippen LogP contribution in [0.3, 0.4) is 0 Å². The second-order valence-corrected chi connectivity index (χ2v) is 5.99. The maximum atomic E-state index is 12.4. The van der Waals surface area contributed by atoms with Gasteiger partial charge in [-0.25, -0.2) is 4.79 Å². The number of aliphatic hydroxyl groups excluding tert-OH is 1. The van der Waals surface area contributed by atoms with Crippen molar-refractivity contribution in [1.29, 1.82) is 0 Å². The summed E-state index contributed by atoms with van der Waals surface area (Å²) in [5, 5.41) is 18.8. The van der Waals surface area contributed by atoms with Crippen molar-refractivity contribution in [3.05, 3.63) is 47.6 Å². The second kappa shape index (κ2) is 8.44. The van der Waals surface area contributed by atoms with Gasteiger partial charge in [-0.3, -0.25) is 0 Å². The molecule has 0 aliphatic carbocycles. The Morgan fingerprint density at radius 2 is 1.96 bits per heavy atom. The number of benzene rings is 1. The number of nitrogens with zero attached hydrogens (tertiary/aromatic N) is 2. The molecular formula is C17H24N4O3. The van der Waals surface area contributed by atoms with Gasteiger partial charge in [-0.15, -0.1) is 0 Å². The summed E-state index contributed by atoms with van der Waals surface area (Å²) in [7, 11) is 0. The van der Waals surface area contributed by atoms with Gasteiger partial charge in [0, 0.05) is 6.61 Å². The van der Waals surface area contributed by atoms with Crippen LogP contribution in [0.2, 0.25) is 0 Å². The number of amides is 2. The quantitative estimate of drug-likeness (QED) is 0.723. The smallest absolute Gasteiger partial charge is 0.315 e. The van der Waals surface area contributed by atoms with E-state index in [4.69, 9.17) is 4.52 Å². The maximum Gasteiger partial charge on any atom is 0.315 e. The van der Waals surface area contributed by atoms with E-state index >= 15 is 0 Å². The third kappa shape index (κ3) is 4.79. The largest absolute Gasteiger partial charge is 0.396 e. The van der Waals surface area contributed by atoms with E-state index in [-0.39, 0.29) is 30.6 Å². The molecule has 0 fully saturated rings. The summed E-state index contributed by atoms with van der Waals surface area (Å²) in [6.07, 6.45) is 0.434. The molecule has 130 valence electrons. The van der Waals surface area contributed by atoms with Crippen LogP contribution in [0.25, 0.3) is 0 Å². The first-order chi connectivity index (χ1) is 11.5. The van der Waals surface area contributed by atoms with Crippen LogP contribution in [0, 0.1) is 12.8 Å². The number of hydrogen-bond donors (Lipinski definition) is 3. The van der Waals surface area contributed by atoms with E-state index < -0.39 is 0 Å². The van der Waals surface area contributed by atoms with Gasteiger partial charge in [-0.2, -0.15) is 4.98 Å². The molecule has 0 saturated carbocycles. The van der Waals surface area contributed by atoms with E-state index in [1.165, 1.54) is 0 Å². The van der Waals surface area contributed by atoms with Crippen LogP contribution in [0.5, 0.6) is 0 Å². The lowest BCUT2D eigenvalue weighted by Gasteiger charge is -2.23. The van der Waals surface area contributed by atoms with E-state index in [2.05, 4.69) is 20.8 Å². The van der Waals surface area contributed by atoms with Crippen molar-refractivity contribution in [2.24, 2.45) is 5.92 Å². The Morgan fingerprint density at radius 3 is 2.50 bits per heavy atom. The topological polar surface area (TPSA) is 100 Å². The molecule has 0 aliphatic heterocycles. The van der Waals surface area contributed by atoms with Crippen molar-refractivity contribution in [3.8, 4) is 0 Å². The van der Waals surface area contributed by atoms with Crippen molar-refractivity contribution in [1.82, 2.24) is 20.8 Å². The lowest BCUT2D eigenvalue weighted by atomic mass is 10.0. The first-order valence-electron chi connectivity index (χ1n) is 8.04. The van der Waals surface area contributed by atoms with Gasteiger partial charge in [0.15, 0.2) is 5.82 Å². The molecule has 2 aromatic rings.